The lowest BCUT2D eigenvalue weighted by Crippen LogP contribution is -2.28. The molecule has 4 rings (SSSR count). The fraction of sp³-hybridized carbons (Fsp3) is 0.150. The Balaban J connectivity index is 1.52. The minimum Gasteiger partial charge on any atom is -0.461 e. The first-order valence-corrected chi connectivity index (χ1v) is 9.46. The van der Waals surface area contributed by atoms with Gasteiger partial charge < -0.3 is 15.1 Å². The molecule has 0 saturated heterocycles. The summed E-state index contributed by atoms with van der Waals surface area (Å²) >= 11 is 1.43. The van der Waals surface area contributed by atoms with Crippen LogP contribution in [0, 0.1) is 6.92 Å². The average molecular weight is 378 g/mol. The number of aryl methyl sites for hydroxylation is 1. The highest BCUT2D eigenvalue weighted by Gasteiger charge is 2.12. The highest BCUT2D eigenvalue weighted by atomic mass is 32.1. The number of nitrogens with one attached hydrogen (secondary N) is 2. The smallest absolute Gasteiger partial charge is 0.261 e. The number of carbonyl (C=O) groups is 1. The van der Waals surface area contributed by atoms with Crippen molar-refractivity contribution in [1.82, 2.24) is 15.3 Å². The first kappa shape index (κ1) is 17.2. The fourth-order valence-electron chi connectivity index (χ4n) is 2.74. The Labute approximate surface area is 160 Å². The number of amides is 1. The summed E-state index contributed by atoms with van der Waals surface area (Å²) in [4.78, 5) is 21.9. The normalized spacial score (nSPS) is 10.9. The van der Waals surface area contributed by atoms with E-state index in [9.17, 15) is 4.79 Å². The Morgan fingerprint density at radius 1 is 1.15 bits per heavy atom. The lowest BCUT2D eigenvalue weighted by atomic mass is 10.1. The third kappa shape index (κ3) is 3.83. The van der Waals surface area contributed by atoms with E-state index < -0.39 is 0 Å². The Morgan fingerprint density at radius 2 is 2.07 bits per heavy atom. The van der Waals surface area contributed by atoms with Crippen LogP contribution in [0.25, 0.3) is 22.5 Å². The van der Waals surface area contributed by atoms with E-state index in [2.05, 4.69) is 20.6 Å². The van der Waals surface area contributed by atoms with Crippen LogP contribution in [0.2, 0.25) is 0 Å². The molecule has 136 valence electrons. The van der Waals surface area contributed by atoms with Crippen molar-refractivity contribution >= 4 is 34.0 Å². The highest BCUT2D eigenvalue weighted by Crippen LogP contribution is 2.26. The van der Waals surface area contributed by atoms with Crippen LogP contribution in [-0.4, -0.2) is 29.0 Å². The average Bonchev–Trinajstić information content (AvgIpc) is 3.38. The third-order valence-corrected chi connectivity index (χ3v) is 4.91. The number of thiophene rings is 1. The summed E-state index contributed by atoms with van der Waals surface area (Å²) < 4.78 is 5.44. The molecule has 4 aromatic rings. The van der Waals surface area contributed by atoms with Gasteiger partial charge in [0.1, 0.15) is 5.82 Å². The van der Waals surface area contributed by atoms with Gasteiger partial charge in [-0.2, -0.15) is 0 Å². The molecule has 0 radical (unpaired) electrons. The van der Waals surface area contributed by atoms with E-state index in [1.165, 1.54) is 11.3 Å². The number of benzene rings is 1. The number of hydrogen-bond acceptors (Lipinski definition) is 6. The van der Waals surface area contributed by atoms with E-state index in [1.54, 1.807) is 6.26 Å². The van der Waals surface area contributed by atoms with Gasteiger partial charge >= 0.3 is 0 Å². The van der Waals surface area contributed by atoms with Crippen LogP contribution in [0.15, 0.2) is 58.5 Å². The zero-order chi connectivity index (χ0) is 18.6. The molecule has 1 aromatic carbocycles. The maximum atomic E-state index is 12.0. The quantitative estimate of drug-likeness (QED) is 0.494. The molecule has 27 heavy (non-hydrogen) atoms. The van der Waals surface area contributed by atoms with Crippen molar-refractivity contribution in [1.29, 1.82) is 0 Å². The van der Waals surface area contributed by atoms with Crippen molar-refractivity contribution in [2.45, 2.75) is 6.92 Å². The SMILES string of the molecule is Cc1ccc2nc(-c3ccco3)nc(NCCNC(=O)c3cccs3)c2c1. The molecule has 0 fully saturated rings. The summed E-state index contributed by atoms with van der Waals surface area (Å²) in [5, 5.41) is 9.05. The molecule has 7 heteroatoms. The molecular weight excluding hydrogens is 360 g/mol. The van der Waals surface area contributed by atoms with E-state index in [4.69, 9.17) is 4.42 Å². The van der Waals surface area contributed by atoms with Gasteiger partial charge in [-0.05, 0) is 42.6 Å². The van der Waals surface area contributed by atoms with Crippen LogP contribution >= 0.6 is 11.3 Å². The third-order valence-electron chi connectivity index (χ3n) is 4.04. The van der Waals surface area contributed by atoms with Gasteiger partial charge in [0.15, 0.2) is 11.6 Å². The fourth-order valence-corrected chi connectivity index (χ4v) is 3.38. The summed E-state index contributed by atoms with van der Waals surface area (Å²) in [5.74, 6) is 1.81. The zero-order valence-electron chi connectivity index (χ0n) is 14.7. The van der Waals surface area contributed by atoms with Crippen molar-refractivity contribution < 1.29 is 9.21 Å². The van der Waals surface area contributed by atoms with Gasteiger partial charge in [0.2, 0.25) is 0 Å². The van der Waals surface area contributed by atoms with Crippen molar-refractivity contribution in [3.63, 3.8) is 0 Å². The van der Waals surface area contributed by atoms with E-state index in [1.807, 2.05) is 54.8 Å². The lowest BCUT2D eigenvalue weighted by Gasteiger charge is -2.11. The molecule has 0 unspecified atom stereocenters. The number of anilines is 1. The molecule has 0 atom stereocenters. The predicted octanol–water partition coefficient (Wildman–Crippen LogP) is 4.10. The van der Waals surface area contributed by atoms with Crippen LogP contribution in [0.4, 0.5) is 5.82 Å². The summed E-state index contributed by atoms with van der Waals surface area (Å²) in [5.41, 5.74) is 1.97. The highest BCUT2D eigenvalue weighted by molar-refractivity contribution is 7.12. The number of fused-ring (bicyclic) bond motifs is 1. The van der Waals surface area contributed by atoms with Crippen molar-refractivity contribution in [3.05, 3.63) is 64.5 Å². The maximum Gasteiger partial charge on any atom is 0.261 e. The van der Waals surface area contributed by atoms with Crippen molar-refractivity contribution in [3.8, 4) is 11.6 Å². The summed E-state index contributed by atoms with van der Waals surface area (Å²) in [7, 11) is 0. The zero-order valence-corrected chi connectivity index (χ0v) is 15.5. The van der Waals surface area contributed by atoms with Gasteiger partial charge in [0, 0.05) is 18.5 Å². The predicted molar refractivity (Wildman–Crippen MR) is 107 cm³/mol. The molecule has 0 spiro atoms. The Bertz CT molecular complexity index is 1060. The summed E-state index contributed by atoms with van der Waals surface area (Å²) in [6.07, 6.45) is 1.60. The monoisotopic (exact) mass is 378 g/mol. The van der Waals surface area contributed by atoms with E-state index in [-0.39, 0.29) is 5.91 Å². The topological polar surface area (TPSA) is 80.1 Å². The number of furan rings is 1. The number of nitrogens with zero attached hydrogens (tertiary/aromatic N) is 2. The van der Waals surface area contributed by atoms with Crippen molar-refractivity contribution in [2.24, 2.45) is 0 Å². The number of hydrogen-bond donors (Lipinski definition) is 2. The van der Waals surface area contributed by atoms with Gasteiger partial charge in [-0.15, -0.1) is 11.3 Å². The second-order valence-corrected chi connectivity index (χ2v) is 7.00. The van der Waals surface area contributed by atoms with Crippen LogP contribution < -0.4 is 10.6 Å². The van der Waals surface area contributed by atoms with E-state index in [0.29, 0.717) is 29.6 Å². The minimum atomic E-state index is -0.0635. The maximum absolute atomic E-state index is 12.0. The first-order chi connectivity index (χ1) is 13.2. The number of aromatic nitrogens is 2. The molecular formula is C20H18N4O2S. The molecule has 0 aliphatic rings. The molecule has 3 heterocycles. The lowest BCUT2D eigenvalue weighted by molar-refractivity contribution is 0.0959. The molecule has 2 N–H and O–H groups in total. The van der Waals surface area contributed by atoms with Crippen LogP contribution in [0.1, 0.15) is 15.2 Å². The van der Waals surface area contributed by atoms with E-state index >= 15 is 0 Å². The molecule has 0 bridgehead atoms. The van der Waals surface area contributed by atoms with Gasteiger partial charge in [0.05, 0.1) is 16.7 Å². The second-order valence-electron chi connectivity index (χ2n) is 6.05. The first-order valence-electron chi connectivity index (χ1n) is 8.58. The molecule has 0 aliphatic carbocycles. The Morgan fingerprint density at radius 3 is 2.85 bits per heavy atom. The van der Waals surface area contributed by atoms with Crippen molar-refractivity contribution in [2.75, 3.05) is 18.4 Å². The van der Waals surface area contributed by atoms with Crippen LogP contribution in [0.5, 0.6) is 0 Å². The summed E-state index contributed by atoms with van der Waals surface area (Å²) in [6, 6.07) is 13.4. The minimum absolute atomic E-state index is 0.0635. The Kier molecular flexibility index (Phi) is 4.84. The molecule has 3 aromatic heterocycles. The number of carbonyl (C=O) groups excluding carboxylic acids is 1. The van der Waals surface area contributed by atoms with E-state index in [0.717, 1.165) is 22.3 Å². The standard InChI is InChI=1S/C20H18N4O2S/c1-13-6-7-15-14(12-13)18(24-19(23-15)16-4-2-10-26-16)21-8-9-22-20(25)17-5-3-11-27-17/h2-7,10-12H,8-9H2,1H3,(H,22,25)(H,21,23,24). The molecule has 0 aliphatic heterocycles. The van der Waals surface area contributed by atoms with Gasteiger partial charge in [-0.3, -0.25) is 4.79 Å². The molecule has 6 nitrogen and oxygen atoms in total. The largest absolute Gasteiger partial charge is 0.461 e. The van der Waals surface area contributed by atoms with Gasteiger partial charge in [-0.25, -0.2) is 9.97 Å². The Hall–Kier alpha value is -3.19. The molecule has 1 amide bonds. The number of rotatable bonds is 6. The van der Waals surface area contributed by atoms with Gasteiger partial charge in [0.25, 0.3) is 5.91 Å². The second kappa shape index (κ2) is 7.59. The van der Waals surface area contributed by atoms with Crippen LogP contribution in [-0.2, 0) is 0 Å². The van der Waals surface area contributed by atoms with Gasteiger partial charge in [-0.1, -0.05) is 17.7 Å². The summed E-state index contributed by atoms with van der Waals surface area (Å²) in [6.45, 7) is 3.07. The molecule has 0 saturated carbocycles. The van der Waals surface area contributed by atoms with Crippen LogP contribution in [0.3, 0.4) is 0 Å².